The topological polar surface area (TPSA) is 29.5 Å². The van der Waals surface area contributed by atoms with Gasteiger partial charge in [0.2, 0.25) is 5.91 Å². The number of rotatable bonds is 6. The minimum Gasteiger partial charge on any atom is -0.376 e. The van der Waals surface area contributed by atoms with Gasteiger partial charge in [-0.15, -0.1) is 0 Å². The molecule has 1 heterocycles. The number of carbonyl (C=O) groups is 1. The van der Waals surface area contributed by atoms with E-state index in [2.05, 4.69) is 41.3 Å². The maximum Gasteiger partial charge on any atom is 0.226 e. The minimum atomic E-state index is 0.200. The molecule has 130 valence electrons. The third-order valence-electron chi connectivity index (χ3n) is 5.40. The largest absolute Gasteiger partial charge is 0.376 e. The molecule has 0 radical (unpaired) electrons. The van der Waals surface area contributed by atoms with Gasteiger partial charge in [0, 0.05) is 24.9 Å². The van der Waals surface area contributed by atoms with E-state index < -0.39 is 0 Å². The Labute approximate surface area is 149 Å². The van der Waals surface area contributed by atoms with Gasteiger partial charge in [0.05, 0.1) is 13.2 Å². The first-order valence-corrected chi connectivity index (χ1v) is 9.26. The van der Waals surface area contributed by atoms with E-state index in [9.17, 15) is 4.79 Å². The molecule has 0 unspecified atom stereocenters. The van der Waals surface area contributed by atoms with Crippen LogP contribution in [0.2, 0.25) is 0 Å². The van der Waals surface area contributed by atoms with E-state index in [0.29, 0.717) is 24.3 Å². The van der Waals surface area contributed by atoms with Crippen LogP contribution in [0, 0.1) is 11.8 Å². The fraction of sp³-hybridized carbons (Fsp3) is 0.409. The van der Waals surface area contributed by atoms with Crippen molar-refractivity contribution >= 4 is 5.91 Å². The first-order valence-electron chi connectivity index (χ1n) is 9.26. The zero-order chi connectivity index (χ0) is 17.1. The average molecular weight is 335 g/mol. The van der Waals surface area contributed by atoms with E-state index in [1.54, 1.807) is 0 Å². The van der Waals surface area contributed by atoms with Crippen LogP contribution in [0.25, 0.3) is 0 Å². The Bertz CT molecular complexity index is 700. The third kappa shape index (κ3) is 3.93. The predicted molar refractivity (Wildman–Crippen MR) is 98.1 cm³/mol. The Balaban J connectivity index is 1.22. The standard InChI is InChI=1S/C22H25NO2/c24-22(21-13-20(21)19-9-5-2-6-10-19)23-12-11-18(14-23)16-25-15-17-7-3-1-4-8-17/h1-10,18,20-21H,11-16H2/t18-,20+,21+/m0/s1. The van der Waals surface area contributed by atoms with Gasteiger partial charge in [0.1, 0.15) is 0 Å². The highest BCUT2D eigenvalue weighted by molar-refractivity contribution is 5.83. The number of ether oxygens (including phenoxy) is 1. The van der Waals surface area contributed by atoms with E-state index >= 15 is 0 Å². The van der Waals surface area contributed by atoms with Crippen molar-refractivity contribution in [2.45, 2.75) is 25.4 Å². The summed E-state index contributed by atoms with van der Waals surface area (Å²) >= 11 is 0. The molecule has 1 saturated heterocycles. The fourth-order valence-electron chi connectivity index (χ4n) is 3.86. The second-order valence-corrected chi connectivity index (χ2v) is 7.30. The molecule has 0 spiro atoms. The highest BCUT2D eigenvalue weighted by Crippen LogP contribution is 2.48. The molecule has 1 saturated carbocycles. The Hall–Kier alpha value is -2.13. The molecule has 2 aliphatic rings. The van der Waals surface area contributed by atoms with Gasteiger partial charge in [-0.1, -0.05) is 60.7 Å². The van der Waals surface area contributed by atoms with E-state index in [4.69, 9.17) is 4.74 Å². The molecule has 3 heteroatoms. The summed E-state index contributed by atoms with van der Waals surface area (Å²) in [6, 6.07) is 20.7. The van der Waals surface area contributed by atoms with Crippen molar-refractivity contribution in [3.8, 4) is 0 Å². The van der Waals surface area contributed by atoms with E-state index in [1.165, 1.54) is 11.1 Å². The number of benzene rings is 2. The molecule has 4 rings (SSSR count). The quantitative estimate of drug-likeness (QED) is 0.802. The minimum absolute atomic E-state index is 0.200. The van der Waals surface area contributed by atoms with Crippen LogP contribution in [-0.4, -0.2) is 30.5 Å². The highest BCUT2D eigenvalue weighted by Gasteiger charge is 2.46. The molecule has 0 N–H and O–H groups in total. The maximum atomic E-state index is 12.7. The Kier molecular flexibility index (Phi) is 4.84. The normalized spacial score (nSPS) is 25.1. The number of nitrogens with zero attached hydrogens (tertiary/aromatic N) is 1. The van der Waals surface area contributed by atoms with E-state index in [0.717, 1.165) is 32.5 Å². The molecule has 1 aliphatic carbocycles. The summed E-state index contributed by atoms with van der Waals surface area (Å²) in [5.41, 5.74) is 2.51. The lowest BCUT2D eigenvalue weighted by Gasteiger charge is -2.17. The van der Waals surface area contributed by atoms with Crippen LogP contribution in [0.4, 0.5) is 0 Å². The van der Waals surface area contributed by atoms with Crippen molar-refractivity contribution in [1.82, 2.24) is 4.90 Å². The van der Waals surface area contributed by atoms with Crippen LogP contribution >= 0.6 is 0 Å². The molecule has 0 aromatic heterocycles. The first kappa shape index (κ1) is 16.3. The van der Waals surface area contributed by atoms with Gasteiger partial charge in [-0.05, 0) is 29.9 Å². The Morgan fingerprint density at radius 2 is 1.76 bits per heavy atom. The van der Waals surface area contributed by atoms with Crippen LogP contribution in [0.15, 0.2) is 60.7 Å². The zero-order valence-corrected chi connectivity index (χ0v) is 14.5. The summed E-state index contributed by atoms with van der Waals surface area (Å²) < 4.78 is 5.86. The zero-order valence-electron chi connectivity index (χ0n) is 14.5. The van der Waals surface area contributed by atoms with Gasteiger partial charge >= 0.3 is 0 Å². The van der Waals surface area contributed by atoms with Gasteiger partial charge in [0.15, 0.2) is 0 Å². The van der Waals surface area contributed by atoms with Crippen LogP contribution in [0.3, 0.4) is 0 Å². The van der Waals surface area contributed by atoms with Crippen molar-refractivity contribution in [2.75, 3.05) is 19.7 Å². The summed E-state index contributed by atoms with van der Waals surface area (Å²) in [5, 5.41) is 0. The van der Waals surface area contributed by atoms with E-state index in [-0.39, 0.29) is 5.92 Å². The summed E-state index contributed by atoms with van der Waals surface area (Å²) in [7, 11) is 0. The summed E-state index contributed by atoms with van der Waals surface area (Å²) in [4.78, 5) is 14.8. The predicted octanol–water partition coefficient (Wildman–Crippen LogP) is 3.86. The van der Waals surface area contributed by atoms with Crippen molar-refractivity contribution in [1.29, 1.82) is 0 Å². The number of likely N-dealkylation sites (tertiary alicyclic amines) is 1. The Morgan fingerprint density at radius 1 is 1.04 bits per heavy atom. The molecule has 1 aliphatic heterocycles. The van der Waals surface area contributed by atoms with Gasteiger partial charge in [-0.2, -0.15) is 0 Å². The lowest BCUT2D eigenvalue weighted by atomic mass is 10.1. The van der Waals surface area contributed by atoms with Gasteiger partial charge < -0.3 is 9.64 Å². The molecule has 3 nitrogen and oxygen atoms in total. The summed E-state index contributed by atoms with van der Waals surface area (Å²) in [5.74, 6) is 1.45. The molecule has 3 atom stereocenters. The molecule has 0 bridgehead atoms. The van der Waals surface area contributed by atoms with E-state index in [1.807, 2.05) is 24.3 Å². The third-order valence-corrected chi connectivity index (χ3v) is 5.40. The number of carbonyl (C=O) groups excluding carboxylic acids is 1. The van der Waals surface area contributed by atoms with Gasteiger partial charge in [0.25, 0.3) is 0 Å². The molecule has 2 fully saturated rings. The SMILES string of the molecule is O=C([C@@H]1C[C@@H]1c1ccccc1)N1CC[C@H](COCc2ccccc2)C1. The molecule has 2 aromatic carbocycles. The molecular formula is C22H25NO2. The average Bonchev–Trinajstić information content (AvgIpc) is 3.33. The summed E-state index contributed by atoms with van der Waals surface area (Å²) in [6.07, 6.45) is 2.07. The van der Waals surface area contributed by atoms with Crippen LogP contribution in [0.1, 0.15) is 29.9 Å². The number of amides is 1. The number of hydrogen-bond donors (Lipinski definition) is 0. The van der Waals surface area contributed by atoms with Crippen LogP contribution in [-0.2, 0) is 16.1 Å². The second-order valence-electron chi connectivity index (χ2n) is 7.30. The maximum absolute atomic E-state index is 12.7. The lowest BCUT2D eigenvalue weighted by Crippen LogP contribution is -2.31. The van der Waals surface area contributed by atoms with Crippen molar-refractivity contribution in [3.05, 3.63) is 71.8 Å². The van der Waals surface area contributed by atoms with Crippen molar-refractivity contribution in [3.63, 3.8) is 0 Å². The smallest absolute Gasteiger partial charge is 0.226 e. The fourth-order valence-corrected chi connectivity index (χ4v) is 3.86. The summed E-state index contributed by atoms with van der Waals surface area (Å²) in [6.45, 7) is 3.14. The Morgan fingerprint density at radius 3 is 2.52 bits per heavy atom. The van der Waals surface area contributed by atoms with Crippen LogP contribution < -0.4 is 0 Å². The van der Waals surface area contributed by atoms with Gasteiger partial charge in [-0.25, -0.2) is 0 Å². The molecular weight excluding hydrogens is 310 g/mol. The second kappa shape index (κ2) is 7.40. The van der Waals surface area contributed by atoms with Crippen molar-refractivity contribution in [2.24, 2.45) is 11.8 Å². The molecule has 2 aromatic rings. The molecule has 25 heavy (non-hydrogen) atoms. The van der Waals surface area contributed by atoms with Crippen LogP contribution in [0.5, 0.6) is 0 Å². The monoisotopic (exact) mass is 335 g/mol. The lowest BCUT2D eigenvalue weighted by molar-refractivity contribution is -0.131. The van der Waals surface area contributed by atoms with Gasteiger partial charge in [-0.3, -0.25) is 4.79 Å². The highest BCUT2D eigenvalue weighted by atomic mass is 16.5. The van der Waals surface area contributed by atoms with Crippen molar-refractivity contribution < 1.29 is 9.53 Å². The first-order chi connectivity index (χ1) is 12.3. The molecule has 1 amide bonds. The number of hydrogen-bond acceptors (Lipinski definition) is 2.